The first kappa shape index (κ1) is 10.0. The summed E-state index contributed by atoms with van der Waals surface area (Å²) >= 11 is 6.14. The van der Waals surface area contributed by atoms with Gasteiger partial charge in [-0.05, 0) is 49.8 Å². The second-order valence-corrected chi connectivity index (χ2v) is 4.80. The Hall–Kier alpha value is -0.530. The van der Waals surface area contributed by atoms with Gasteiger partial charge in [-0.25, -0.2) is 0 Å². The Labute approximate surface area is 90.3 Å². The zero-order valence-corrected chi connectivity index (χ0v) is 9.27. The first-order valence-corrected chi connectivity index (χ1v) is 5.51. The minimum atomic E-state index is 0.131. The third-order valence-electron chi connectivity index (χ3n) is 3.12. The normalized spacial score (nSPS) is 18.2. The van der Waals surface area contributed by atoms with E-state index in [0.717, 1.165) is 17.9 Å². The van der Waals surface area contributed by atoms with Crippen molar-refractivity contribution < 1.29 is 0 Å². The molecule has 1 aromatic carbocycles. The smallest absolute Gasteiger partial charge is 0.0440 e. The highest BCUT2D eigenvalue weighted by atomic mass is 35.5. The number of hydrogen-bond donors (Lipinski definition) is 1. The molecular weight excluding hydrogens is 194 g/mol. The van der Waals surface area contributed by atoms with Gasteiger partial charge >= 0.3 is 0 Å². The standard InChI is InChI=1S/C12H16ClN/c1-9-3-2-4-11(13)10(9)5-6-12(14)7-8-12/h2-4H,5-8,14H2,1H3. The third kappa shape index (κ3) is 2.10. The van der Waals surface area contributed by atoms with Gasteiger partial charge in [0.1, 0.15) is 0 Å². The summed E-state index contributed by atoms with van der Waals surface area (Å²) < 4.78 is 0. The van der Waals surface area contributed by atoms with Crippen molar-refractivity contribution in [3.05, 3.63) is 34.3 Å². The molecule has 76 valence electrons. The average molecular weight is 210 g/mol. The van der Waals surface area contributed by atoms with Crippen LogP contribution in [0.5, 0.6) is 0 Å². The van der Waals surface area contributed by atoms with E-state index < -0.39 is 0 Å². The van der Waals surface area contributed by atoms with Crippen molar-refractivity contribution in [2.75, 3.05) is 0 Å². The molecule has 0 amide bonds. The van der Waals surface area contributed by atoms with Crippen LogP contribution < -0.4 is 5.73 Å². The van der Waals surface area contributed by atoms with E-state index in [0.29, 0.717) is 0 Å². The van der Waals surface area contributed by atoms with Crippen LogP contribution in [0, 0.1) is 6.92 Å². The Morgan fingerprint density at radius 2 is 2.14 bits per heavy atom. The van der Waals surface area contributed by atoms with Gasteiger partial charge in [0.25, 0.3) is 0 Å². The minimum Gasteiger partial charge on any atom is -0.325 e. The first-order valence-electron chi connectivity index (χ1n) is 5.14. The minimum absolute atomic E-state index is 0.131. The van der Waals surface area contributed by atoms with Crippen LogP contribution in [0.3, 0.4) is 0 Å². The fourth-order valence-electron chi connectivity index (χ4n) is 1.77. The predicted octanol–water partition coefficient (Wildman–Crippen LogP) is 3.07. The van der Waals surface area contributed by atoms with E-state index in [1.54, 1.807) is 0 Å². The number of benzene rings is 1. The van der Waals surface area contributed by atoms with Crippen LogP contribution in [0.2, 0.25) is 5.02 Å². The van der Waals surface area contributed by atoms with Crippen molar-refractivity contribution in [3.63, 3.8) is 0 Å². The zero-order valence-electron chi connectivity index (χ0n) is 8.52. The number of nitrogens with two attached hydrogens (primary N) is 1. The summed E-state index contributed by atoms with van der Waals surface area (Å²) in [6.45, 7) is 2.11. The van der Waals surface area contributed by atoms with Crippen molar-refractivity contribution in [2.24, 2.45) is 5.73 Å². The Kier molecular flexibility index (Phi) is 2.54. The van der Waals surface area contributed by atoms with Crippen LogP contribution in [-0.4, -0.2) is 5.54 Å². The van der Waals surface area contributed by atoms with Gasteiger partial charge in [0.15, 0.2) is 0 Å². The van der Waals surface area contributed by atoms with Crippen LogP contribution in [0.4, 0.5) is 0 Å². The van der Waals surface area contributed by atoms with Crippen LogP contribution in [0.25, 0.3) is 0 Å². The Morgan fingerprint density at radius 1 is 1.43 bits per heavy atom. The fourth-order valence-corrected chi connectivity index (χ4v) is 2.08. The maximum absolute atomic E-state index is 6.14. The molecule has 0 unspecified atom stereocenters. The summed E-state index contributed by atoms with van der Waals surface area (Å²) in [5.74, 6) is 0. The molecule has 0 atom stereocenters. The molecule has 2 rings (SSSR count). The highest BCUT2D eigenvalue weighted by Crippen LogP contribution is 2.37. The van der Waals surface area contributed by atoms with E-state index in [-0.39, 0.29) is 5.54 Å². The molecule has 1 aromatic rings. The number of rotatable bonds is 3. The van der Waals surface area contributed by atoms with Gasteiger partial charge in [-0.15, -0.1) is 0 Å². The van der Waals surface area contributed by atoms with Crippen molar-refractivity contribution in [2.45, 2.75) is 38.1 Å². The van der Waals surface area contributed by atoms with Gasteiger partial charge < -0.3 is 5.73 Å². The summed E-state index contributed by atoms with van der Waals surface area (Å²) in [6.07, 6.45) is 4.44. The Bertz CT molecular complexity index is 322. The lowest BCUT2D eigenvalue weighted by Crippen LogP contribution is -2.22. The maximum atomic E-state index is 6.14. The lowest BCUT2D eigenvalue weighted by atomic mass is 10.0. The Morgan fingerprint density at radius 3 is 2.71 bits per heavy atom. The lowest BCUT2D eigenvalue weighted by molar-refractivity contribution is 0.608. The van der Waals surface area contributed by atoms with Gasteiger partial charge in [-0.2, -0.15) is 0 Å². The van der Waals surface area contributed by atoms with Crippen molar-refractivity contribution in [3.8, 4) is 0 Å². The second kappa shape index (κ2) is 3.56. The van der Waals surface area contributed by atoms with E-state index in [2.05, 4.69) is 13.0 Å². The van der Waals surface area contributed by atoms with Crippen molar-refractivity contribution in [1.82, 2.24) is 0 Å². The van der Waals surface area contributed by atoms with Gasteiger partial charge in [0.2, 0.25) is 0 Å². The Balaban J connectivity index is 2.08. The number of aryl methyl sites for hydroxylation is 1. The molecule has 1 nitrogen and oxygen atoms in total. The molecule has 0 saturated heterocycles. The largest absolute Gasteiger partial charge is 0.325 e. The highest BCUT2D eigenvalue weighted by molar-refractivity contribution is 6.31. The predicted molar refractivity (Wildman–Crippen MR) is 60.7 cm³/mol. The number of hydrogen-bond acceptors (Lipinski definition) is 1. The molecule has 0 bridgehead atoms. The molecule has 1 saturated carbocycles. The van der Waals surface area contributed by atoms with Crippen LogP contribution >= 0.6 is 11.6 Å². The molecule has 0 aromatic heterocycles. The van der Waals surface area contributed by atoms with Gasteiger partial charge in [-0.1, -0.05) is 23.7 Å². The molecule has 2 N–H and O–H groups in total. The average Bonchev–Trinajstić information content (AvgIpc) is 2.83. The first-order chi connectivity index (χ1) is 6.61. The van der Waals surface area contributed by atoms with Gasteiger partial charge in [-0.3, -0.25) is 0 Å². The second-order valence-electron chi connectivity index (χ2n) is 4.40. The topological polar surface area (TPSA) is 26.0 Å². The zero-order chi connectivity index (χ0) is 10.2. The summed E-state index contributed by atoms with van der Waals surface area (Å²) in [4.78, 5) is 0. The van der Waals surface area contributed by atoms with E-state index in [1.807, 2.05) is 12.1 Å². The molecule has 2 heteroatoms. The molecular formula is C12H16ClN. The highest BCUT2D eigenvalue weighted by Gasteiger charge is 2.37. The third-order valence-corrected chi connectivity index (χ3v) is 3.47. The van der Waals surface area contributed by atoms with Crippen molar-refractivity contribution >= 4 is 11.6 Å². The van der Waals surface area contributed by atoms with Gasteiger partial charge in [0, 0.05) is 10.6 Å². The summed E-state index contributed by atoms with van der Waals surface area (Å²) in [5.41, 5.74) is 8.73. The van der Waals surface area contributed by atoms with Crippen molar-refractivity contribution in [1.29, 1.82) is 0 Å². The quantitative estimate of drug-likeness (QED) is 0.814. The summed E-state index contributed by atoms with van der Waals surface area (Å²) in [7, 11) is 0. The van der Waals surface area contributed by atoms with Crippen LogP contribution in [-0.2, 0) is 6.42 Å². The molecule has 0 spiro atoms. The van der Waals surface area contributed by atoms with Gasteiger partial charge in [0.05, 0.1) is 0 Å². The summed E-state index contributed by atoms with van der Waals surface area (Å²) in [6, 6.07) is 6.06. The van der Waals surface area contributed by atoms with Crippen LogP contribution in [0.15, 0.2) is 18.2 Å². The maximum Gasteiger partial charge on any atom is 0.0440 e. The SMILES string of the molecule is Cc1cccc(Cl)c1CCC1(N)CC1. The molecule has 0 radical (unpaired) electrons. The van der Waals surface area contributed by atoms with E-state index in [4.69, 9.17) is 17.3 Å². The van der Waals surface area contributed by atoms with Crippen LogP contribution in [0.1, 0.15) is 30.4 Å². The van der Waals surface area contributed by atoms with E-state index in [9.17, 15) is 0 Å². The molecule has 0 aliphatic heterocycles. The number of halogens is 1. The van der Waals surface area contributed by atoms with E-state index >= 15 is 0 Å². The molecule has 14 heavy (non-hydrogen) atoms. The molecule has 1 fully saturated rings. The lowest BCUT2D eigenvalue weighted by Gasteiger charge is -2.11. The molecule has 1 aliphatic rings. The monoisotopic (exact) mass is 209 g/mol. The molecule has 1 aliphatic carbocycles. The summed E-state index contributed by atoms with van der Waals surface area (Å²) in [5, 5.41) is 0.884. The molecule has 0 heterocycles. The van der Waals surface area contributed by atoms with E-state index in [1.165, 1.54) is 24.0 Å². The fraction of sp³-hybridized carbons (Fsp3) is 0.500.